The minimum Gasteiger partial charge on any atom is -0.284 e. The summed E-state index contributed by atoms with van der Waals surface area (Å²) >= 11 is 0. The molecule has 33 heavy (non-hydrogen) atoms. The molecule has 1 unspecified atom stereocenters. The smallest absolute Gasteiger partial charge is 0.279 e. The Morgan fingerprint density at radius 1 is 0.939 bits per heavy atom. The van der Waals surface area contributed by atoms with Crippen LogP contribution in [0.4, 0.5) is 14.5 Å². The highest BCUT2D eigenvalue weighted by atomic mass is 32.2. The van der Waals surface area contributed by atoms with Gasteiger partial charge in [0.2, 0.25) is 10.0 Å². The van der Waals surface area contributed by atoms with Gasteiger partial charge in [0.25, 0.3) is 10.0 Å². The molecule has 1 aliphatic rings. The van der Waals surface area contributed by atoms with Crippen LogP contribution in [0.3, 0.4) is 0 Å². The number of halogens is 2. The van der Waals surface area contributed by atoms with Crippen LogP contribution in [0, 0.1) is 11.6 Å². The van der Waals surface area contributed by atoms with Crippen molar-refractivity contribution in [2.45, 2.75) is 17.4 Å². The van der Waals surface area contributed by atoms with Crippen LogP contribution >= 0.6 is 0 Å². The van der Waals surface area contributed by atoms with E-state index in [1.165, 1.54) is 42.5 Å². The normalized spacial score (nSPS) is 16.5. The Morgan fingerprint density at radius 3 is 2.27 bits per heavy atom. The van der Waals surface area contributed by atoms with Gasteiger partial charge < -0.3 is 0 Å². The molecule has 7 nitrogen and oxygen atoms in total. The van der Waals surface area contributed by atoms with Crippen LogP contribution in [0.2, 0.25) is 0 Å². The average molecular weight is 492 g/mol. The molecule has 3 aromatic carbocycles. The van der Waals surface area contributed by atoms with Gasteiger partial charge in [0.05, 0.1) is 22.9 Å². The zero-order valence-corrected chi connectivity index (χ0v) is 18.9. The first-order valence-corrected chi connectivity index (χ1v) is 13.1. The van der Waals surface area contributed by atoms with Crippen molar-refractivity contribution in [3.8, 4) is 0 Å². The number of hydrogen-bond donors (Lipinski definition) is 1. The summed E-state index contributed by atoms with van der Waals surface area (Å²) in [5.41, 5.74) is 1.35. The van der Waals surface area contributed by atoms with E-state index in [0.29, 0.717) is 17.0 Å². The molecule has 1 heterocycles. The summed E-state index contributed by atoms with van der Waals surface area (Å²) in [5.74, 6) is -1.32. The van der Waals surface area contributed by atoms with Crippen LogP contribution in [-0.2, 0) is 20.0 Å². The number of anilines is 1. The molecule has 0 radical (unpaired) electrons. The quantitative estimate of drug-likeness (QED) is 0.566. The van der Waals surface area contributed by atoms with Gasteiger partial charge in [-0.15, -0.1) is 0 Å². The van der Waals surface area contributed by atoms with Gasteiger partial charge in [-0.2, -0.15) is 17.9 Å². The maximum absolute atomic E-state index is 14.6. The molecule has 0 fully saturated rings. The summed E-state index contributed by atoms with van der Waals surface area (Å²) in [6, 6.07) is 15.5. The summed E-state index contributed by atoms with van der Waals surface area (Å²) in [6.45, 7) is 0. The molecule has 1 N–H and O–H groups in total. The van der Waals surface area contributed by atoms with Crippen molar-refractivity contribution < 1.29 is 25.6 Å². The highest BCUT2D eigenvalue weighted by Gasteiger charge is 2.39. The standard InChI is InChI=1S/C22H19F2N3O4S2/c1-32(28,29)26-17-11-9-15(10-12-17)21-14-22(19-7-2-3-8-20(19)24)27(25-21)33(30,31)18-6-4-5-16(23)13-18/h2-13,22,26H,14H2,1H3. The summed E-state index contributed by atoms with van der Waals surface area (Å²) in [6.07, 6.45) is 1.09. The van der Waals surface area contributed by atoms with Crippen LogP contribution in [0.25, 0.3) is 0 Å². The molecule has 3 aromatic rings. The molecule has 0 bridgehead atoms. The SMILES string of the molecule is CS(=O)(=O)Nc1ccc(C2=NN(S(=O)(=O)c3cccc(F)c3)C(c3ccccc3F)C2)cc1. The number of hydrazone groups is 1. The van der Waals surface area contributed by atoms with Gasteiger partial charge in [0, 0.05) is 17.7 Å². The minimum absolute atomic E-state index is 0.0638. The molecule has 11 heteroatoms. The molecule has 0 aromatic heterocycles. The third-order valence-corrected chi connectivity index (χ3v) is 7.28. The van der Waals surface area contributed by atoms with E-state index in [2.05, 4.69) is 9.82 Å². The highest BCUT2D eigenvalue weighted by Crippen LogP contribution is 2.38. The maximum atomic E-state index is 14.6. The second-order valence-corrected chi connectivity index (χ2v) is 11.0. The van der Waals surface area contributed by atoms with Gasteiger partial charge in [-0.05, 0) is 42.0 Å². The summed E-state index contributed by atoms with van der Waals surface area (Å²) < 4.78 is 81.0. The first kappa shape index (κ1) is 22.9. The van der Waals surface area contributed by atoms with Crippen molar-refractivity contribution in [3.63, 3.8) is 0 Å². The van der Waals surface area contributed by atoms with E-state index in [1.54, 1.807) is 18.2 Å². The van der Waals surface area contributed by atoms with E-state index >= 15 is 0 Å². The van der Waals surface area contributed by atoms with Gasteiger partial charge in [-0.3, -0.25) is 4.72 Å². The topological polar surface area (TPSA) is 95.9 Å². The lowest BCUT2D eigenvalue weighted by molar-refractivity contribution is 0.362. The van der Waals surface area contributed by atoms with Gasteiger partial charge >= 0.3 is 0 Å². The maximum Gasteiger partial charge on any atom is 0.279 e. The molecule has 0 saturated heterocycles. The summed E-state index contributed by atoms with van der Waals surface area (Å²) in [7, 11) is -7.76. The van der Waals surface area contributed by atoms with E-state index in [1.807, 2.05) is 0 Å². The number of hydrogen-bond acceptors (Lipinski definition) is 5. The Bertz CT molecular complexity index is 1440. The number of nitrogens with zero attached hydrogens (tertiary/aromatic N) is 2. The van der Waals surface area contributed by atoms with E-state index in [4.69, 9.17) is 0 Å². The molecule has 1 aliphatic heterocycles. The fourth-order valence-electron chi connectivity index (χ4n) is 3.54. The lowest BCUT2D eigenvalue weighted by Crippen LogP contribution is -2.28. The first-order valence-electron chi connectivity index (χ1n) is 9.75. The molecule has 172 valence electrons. The first-order chi connectivity index (χ1) is 15.5. The highest BCUT2D eigenvalue weighted by molar-refractivity contribution is 7.92. The molecule has 4 rings (SSSR count). The Hall–Kier alpha value is -3.31. The largest absolute Gasteiger partial charge is 0.284 e. The third-order valence-electron chi connectivity index (χ3n) is 5.00. The van der Waals surface area contributed by atoms with E-state index in [0.717, 1.165) is 22.8 Å². The molecular formula is C22H19F2N3O4S2. The predicted octanol–water partition coefficient (Wildman–Crippen LogP) is 3.88. The molecule has 0 spiro atoms. The third kappa shape index (κ3) is 4.88. The second-order valence-electron chi connectivity index (χ2n) is 7.47. The van der Waals surface area contributed by atoms with Crippen LogP contribution in [-0.4, -0.2) is 33.2 Å². The Kier molecular flexibility index (Phi) is 5.93. The van der Waals surface area contributed by atoms with Crippen molar-refractivity contribution in [3.05, 3.63) is 95.6 Å². The molecule has 1 atom stereocenters. The molecule has 0 amide bonds. The average Bonchev–Trinajstić information content (AvgIpc) is 3.19. The van der Waals surface area contributed by atoms with Crippen molar-refractivity contribution in [1.82, 2.24) is 4.41 Å². The van der Waals surface area contributed by atoms with Gasteiger partial charge in [0.15, 0.2) is 0 Å². The molecule has 0 saturated carbocycles. The van der Waals surface area contributed by atoms with E-state index in [9.17, 15) is 25.6 Å². The van der Waals surface area contributed by atoms with E-state index < -0.39 is 37.7 Å². The van der Waals surface area contributed by atoms with Crippen molar-refractivity contribution in [2.24, 2.45) is 5.10 Å². The number of benzene rings is 3. The van der Waals surface area contributed by atoms with Crippen LogP contribution in [0.15, 0.2) is 82.8 Å². The zero-order valence-electron chi connectivity index (χ0n) is 17.3. The van der Waals surface area contributed by atoms with Crippen molar-refractivity contribution in [1.29, 1.82) is 0 Å². The predicted molar refractivity (Wildman–Crippen MR) is 121 cm³/mol. The number of rotatable bonds is 6. The summed E-state index contributed by atoms with van der Waals surface area (Å²) in [5, 5.41) is 4.27. The number of sulfonamides is 2. The fourth-order valence-corrected chi connectivity index (χ4v) is 5.56. The van der Waals surface area contributed by atoms with Crippen LogP contribution in [0.5, 0.6) is 0 Å². The van der Waals surface area contributed by atoms with Crippen molar-refractivity contribution >= 4 is 31.4 Å². The van der Waals surface area contributed by atoms with Crippen LogP contribution < -0.4 is 4.72 Å². The Balaban J connectivity index is 1.76. The lowest BCUT2D eigenvalue weighted by atomic mass is 9.99. The van der Waals surface area contributed by atoms with Gasteiger partial charge in [0.1, 0.15) is 11.6 Å². The Morgan fingerprint density at radius 2 is 1.64 bits per heavy atom. The van der Waals surface area contributed by atoms with Gasteiger partial charge in [-0.25, -0.2) is 17.2 Å². The summed E-state index contributed by atoms with van der Waals surface area (Å²) in [4.78, 5) is -0.304. The number of nitrogens with one attached hydrogen (secondary N) is 1. The second kappa shape index (κ2) is 8.56. The minimum atomic E-state index is -4.30. The van der Waals surface area contributed by atoms with Crippen LogP contribution in [0.1, 0.15) is 23.6 Å². The fraction of sp³-hybridized carbons (Fsp3) is 0.136. The lowest BCUT2D eigenvalue weighted by Gasteiger charge is -2.23. The zero-order chi connectivity index (χ0) is 23.8. The molecule has 0 aliphatic carbocycles. The van der Waals surface area contributed by atoms with Crippen molar-refractivity contribution in [2.75, 3.05) is 11.0 Å². The van der Waals surface area contributed by atoms with Gasteiger partial charge in [-0.1, -0.05) is 36.4 Å². The molecular weight excluding hydrogens is 472 g/mol. The monoisotopic (exact) mass is 491 g/mol. The van der Waals surface area contributed by atoms with E-state index in [-0.39, 0.29) is 16.9 Å². The Labute approximate surface area is 190 Å².